The molecule has 3 nitrogen and oxygen atoms in total. The van der Waals surface area contributed by atoms with Gasteiger partial charge in [0.05, 0.1) is 23.0 Å². The largest absolute Gasteiger partial charge is 0.228 e. The minimum Gasteiger partial charge on any atom is -0.228 e. The van der Waals surface area contributed by atoms with Crippen molar-refractivity contribution in [3.05, 3.63) is 168 Å². The number of rotatable bonds is 4. The first-order valence-corrected chi connectivity index (χ1v) is 16.6. The molecule has 1 heterocycles. The molecule has 230 valence electrons. The highest BCUT2D eigenvalue weighted by molar-refractivity contribution is 5.89. The zero-order chi connectivity index (χ0) is 33.1. The second kappa shape index (κ2) is 11.1. The van der Waals surface area contributed by atoms with Crippen molar-refractivity contribution in [3.63, 3.8) is 0 Å². The van der Waals surface area contributed by atoms with Crippen molar-refractivity contribution in [2.75, 3.05) is 0 Å². The van der Waals surface area contributed by atoms with Gasteiger partial charge < -0.3 is 0 Å². The van der Waals surface area contributed by atoms with E-state index in [4.69, 9.17) is 9.97 Å². The van der Waals surface area contributed by atoms with Gasteiger partial charge in [-0.3, -0.25) is 0 Å². The fraction of sp³-hybridized carbons (Fsp3) is 0.0652. The second-order valence-electron chi connectivity index (χ2n) is 13.4. The summed E-state index contributed by atoms with van der Waals surface area (Å²) in [7, 11) is 0. The van der Waals surface area contributed by atoms with Crippen molar-refractivity contribution >= 4 is 21.5 Å². The van der Waals surface area contributed by atoms with Crippen LogP contribution in [-0.2, 0) is 5.41 Å². The molecule has 0 unspecified atom stereocenters. The average molecular weight is 626 g/mol. The van der Waals surface area contributed by atoms with Crippen molar-refractivity contribution in [1.82, 2.24) is 9.97 Å². The maximum atomic E-state index is 9.59. The van der Waals surface area contributed by atoms with Gasteiger partial charge in [0, 0.05) is 22.1 Å². The van der Waals surface area contributed by atoms with Gasteiger partial charge in [0.25, 0.3) is 0 Å². The molecule has 0 atom stereocenters. The quantitative estimate of drug-likeness (QED) is 0.195. The predicted molar refractivity (Wildman–Crippen MR) is 201 cm³/mol. The van der Waals surface area contributed by atoms with Crippen LogP contribution < -0.4 is 0 Å². The van der Waals surface area contributed by atoms with E-state index in [1.807, 2.05) is 12.1 Å². The third kappa shape index (κ3) is 4.89. The summed E-state index contributed by atoms with van der Waals surface area (Å²) >= 11 is 0. The molecule has 1 aromatic heterocycles. The third-order valence-corrected chi connectivity index (χ3v) is 10.1. The molecule has 0 N–H and O–H groups in total. The number of benzene rings is 7. The van der Waals surface area contributed by atoms with E-state index in [9.17, 15) is 5.26 Å². The summed E-state index contributed by atoms with van der Waals surface area (Å²) in [6.45, 7) is 4.52. The van der Waals surface area contributed by atoms with Gasteiger partial charge in [-0.15, -0.1) is 0 Å². The molecule has 0 bridgehead atoms. The Morgan fingerprint density at radius 2 is 0.959 bits per heavy atom. The molecule has 0 amide bonds. The van der Waals surface area contributed by atoms with Gasteiger partial charge in [-0.1, -0.05) is 129 Å². The molecule has 3 heteroatoms. The maximum absolute atomic E-state index is 9.59. The lowest BCUT2D eigenvalue weighted by Crippen LogP contribution is -2.14. The summed E-state index contributed by atoms with van der Waals surface area (Å²) in [5.41, 5.74) is 12.6. The van der Waals surface area contributed by atoms with Gasteiger partial charge in [-0.05, 0) is 91.3 Å². The van der Waals surface area contributed by atoms with Crippen molar-refractivity contribution in [3.8, 4) is 62.2 Å². The van der Waals surface area contributed by atoms with E-state index in [0.717, 1.165) is 50.2 Å². The van der Waals surface area contributed by atoms with Gasteiger partial charge in [0.15, 0.2) is 5.82 Å². The van der Waals surface area contributed by atoms with Gasteiger partial charge in [0.1, 0.15) is 0 Å². The predicted octanol–water partition coefficient (Wildman–Crippen LogP) is 11.6. The van der Waals surface area contributed by atoms with Crippen LogP contribution >= 0.6 is 0 Å². The summed E-state index contributed by atoms with van der Waals surface area (Å²) in [6.07, 6.45) is 0. The van der Waals surface area contributed by atoms with Crippen LogP contribution in [0.3, 0.4) is 0 Å². The Kier molecular flexibility index (Phi) is 6.54. The first-order chi connectivity index (χ1) is 23.9. The molecule has 0 radical (unpaired) electrons. The fourth-order valence-corrected chi connectivity index (χ4v) is 7.40. The highest BCUT2D eigenvalue weighted by Gasteiger charge is 2.35. The highest BCUT2D eigenvalue weighted by Crippen LogP contribution is 2.50. The highest BCUT2D eigenvalue weighted by atomic mass is 14.9. The Morgan fingerprint density at radius 1 is 0.449 bits per heavy atom. The molecule has 1 aliphatic rings. The summed E-state index contributed by atoms with van der Waals surface area (Å²) < 4.78 is 0. The van der Waals surface area contributed by atoms with Crippen LogP contribution in [0.5, 0.6) is 0 Å². The van der Waals surface area contributed by atoms with E-state index in [-0.39, 0.29) is 5.41 Å². The Bertz CT molecular complexity index is 2540. The lowest BCUT2D eigenvalue weighted by Gasteiger charge is -2.21. The average Bonchev–Trinajstić information content (AvgIpc) is 3.39. The zero-order valence-corrected chi connectivity index (χ0v) is 27.3. The molecule has 0 fully saturated rings. The van der Waals surface area contributed by atoms with Crippen molar-refractivity contribution in [2.45, 2.75) is 19.3 Å². The minimum atomic E-state index is -0.112. The summed E-state index contributed by atoms with van der Waals surface area (Å²) in [5.74, 6) is 0.701. The standard InChI is InChI=1S/C46H31N3/c1-46(2)41-21-11-29(28-47)23-39(41)40-26-36(20-22-42(40)46)32-12-16-33(17-13-32)43-27-44(37-18-14-30-7-3-5-9-34(30)24-37)49-45(48-43)38-19-15-31-8-4-6-10-35(31)25-38/h3-27H,1-2H3. The number of hydrogen-bond donors (Lipinski definition) is 0. The number of nitriles is 1. The Labute approximate surface area is 285 Å². The first kappa shape index (κ1) is 28.8. The number of nitrogens with zero attached hydrogens (tertiary/aromatic N) is 3. The Balaban J connectivity index is 1.13. The van der Waals surface area contributed by atoms with Crippen LogP contribution in [0.15, 0.2) is 152 Å². The smallest absolute Gasteiger partial charge is 0.160 e. The molecular weight excluding hydrogens is 595 g/mol. The number of aromatic nitrogens is 2. The molecule has 0 saturated carbocycles. The van der Waals surface area contributed by atoms with Gasteiger partial charge >= 0.3 is 0 Å². The van der Waals surface area contributed by atoms with Gasteiger partial charge in [0.2, 0.25) is 0 Å². The number of hydrogen-bond acceptors (Lipinski definition) is 3. The monoisotopic (exact) mass is 625 g/mol. The van der Waals surface area contributed by atoms with Crippen LogP contribution in [0.25, 0.3) is 77.7 Å². The van der Waals surface area contributed by atoms with Crippen molar-refractivity contribution < 1.29 is 0 Å². The lowest BCUT2D eigenvalue weighted by molar-refractivity contribution is 0.660. The topological polar surface area (TPSA) is 49.6 Å². The molecule has 7 aromatic carbocycles. The fourth-order valence-electron chi connectivity index (χ4n) is 7.40. The molecule has 0 aliphatic heterocycles. The summed E-state index contributed by atoms with van der Waals surface area (Å²) in [4.78, 5) is 10.3. The van der Waals surface area contributed by atoms with E-state index >= 15 is 0 Å². The number of fused-ring (bicyclic) bond motifs is 5. The molecule has 1 aliphatic carbocycles. The van der Waals surface area contributed by atoms with Crippen LogP contribution in [0, 0.1) is 11.3 Å². The molecule has 49 heavy (non-hydrogen) atoms. The summed E-state index contributed by atoms with van der Waals surface area (Å²) in [6, 6.07) is 55.7. The van der Waals surface area contributed by atoms with Crippen molar-refractivity contribution in [2.24, 2.45) is 0 Å². The normalized spacial score (nSPS) is 12.8. The van der Waals surface area contributed by atoms with Crippen molar-refractivity contribution in [1.29, 1.82) is 5.26 Å². The van der Waals surface area contributed by atoms with Crippen LogP contribution in [0.1, 0.15) is 30.5 Å². The van der Waals surface area contributed by atoms with Crippen LogP contribution in [-0.4, -0.2) is 9.97 Å². The molecule has 0 spiro atoms. The maximum Gasteiger partial charge on any atom is 0.160 e. The SMILES string of the molecule is CC1(C)c2ccc(C#N)cc2-c2cc(-c3ccc(-c4cc(-c5ccc6ccccc6c5)nc(-c5ccc6ccccc6c5)n4)cc3)ccc21. The second-order valence-corrected chi connectivity index (χ2v) is 13.4. The minimum absolute atomic E-state index is 0.112. The van der Waals surface area contributed by atoms with Crippen LogP contribution in [0.2, 0.25) is 0 Å². The summed E-state index contributed by atoms with van der Waals surface area (Å²) in [5, 5.41) is 14.3. The Morgan fingerprint density at radius 3 is 1.63 bits per heavy atom. The van der Waals surface area contributed by atoms with E-state index in [1.165, 1.54) is 32.8 Å². The molecular formula is C46H31N3. The van der Waals surface area contributed by atoms with Crippen LogP contribution in [0.4, 0.5) is 0 Å². The van der Waals surface area contributed by atoms with Gasteiger partial charge in [-0.2, -0.15) is 5.26 Å². The van der Waals surface area contributed by atoms with Gasteiger partial charge in [-0.25, -0.2) is 9.97 Å². The Hall–Kier alpha value is -6.37. The molecule has 8 aromatic rings. The van der Waals surface area contributed by atoms with E-state index in [0.29, 0.717) is 11.4 Å². The molecule has 9 rings (SSSR count). The van der Waals surface area contributed by atoms with E-state index in [2.05, 4.69) is 159 Å². The van der Waals surface area contributed by atoms with E-state index in [1.54, 1.807) is 0 Å². The first-order valence-electron chi connectivity index (χ1n) is 16.6. The van der Waals surface area contributed by atoms with E-state index < -0.39 is 0 Å². The zero-order valence-electron chi connectivity index (χ0n) is 27.3. The molecule has 0 saturated heterocycles. The third-order valence-electron chi connectivity index (χ3n) is 10.1. The lowest BCUT2D eigenvalue weighted by atomic mass is 9.82.